The minimum absolute atomic E-state index is 0.215. The number of hydrogen-bond donors (Lipinski definition) is 1. The van der Waals surface area contributed by atoms with Crippen LogP contribution in [0.4, 0.5) is 0 Å². The van der Waals surface area contributed by atoms with Crippen LogP contribution in [0.2, 0.25) is 5.02 Å². The lowest BCUT2D eigenvalue weighted by atomic mass is 10.1. The first-order chi connectivity index (χ1) is 10.7. The van der Waals surface area contributed by atoms with Gasteiger partial charge < -0.3 is 9.84 Å². The van der Waals surface area contributed by atoms with Gasteiger partial charge in [-0.2, -0.15) is 4.98 Å². The van der Waals surface area contributed by atoms with Gasteiger partial charge >= 0.3 is 0 Å². The number of rotatable bonds is 5. The predicted octanol–water partition coefficient (Wildman–Crippen LogP) is 4.24. The Hall–Kier alpha value is -2.17. The van der Waals surface area contributed by atoms with Gasteiger partial charge in [0.2, 0.25) is 11.7 Å². The molecule has 4 nitrogen and oxygen atoms in total. The highest BCUT2D eigenvalue weighted by molar-refractivity contribution is 6.30. The second kappa shape index (κ2) is 6.73. The minimum atomic E-state index is 0.215. The van der Waals surface area contributed by atoms with E-state index in [2.05, 4.69) is 34.5 Å². The van der Waals surface area contributed by atoms with Crippen molar-refractivity contribution in [3.8, 4) is 11.4 Å². The summed E-state index contributed by atoms with van der Waals surface area (Å²) in [5.74, 6) is 1.13. The zero-order valence-electron chi connectivity index (χ0n) is 12.2. The average Bonchev–Trinajstić information content (AvgIpc) is 3.03. The van der Waals surface area contributed by atoms with Crippen LogP contribution in [0.3, 0.4) is 0 Å². The molecule has 112 valence electrons. The third-order valence-corrected chi connectivity index (χ3v) is 3.68. The van der Waals surface area contributed by atoms with Gasteiger partial charge in [-0.05, 0) is 36.8 Å². The van der Waals surface area contributed by atoms with Crippen molar-refractivity contribution in [2.75, 3.05) is 0 Å². The molecule has 22 heavy (non-hydrogen) atoms. The lowest BCUT2D eigenvalue weighted by Crippen LogP contribution is -2.18. The average molecular weight is 314 g/mol. The van der Waals surface area contributed by atoms with Crippen molar-refractivity contribution >= 4 is 11.6 Å². The third kappa shape index (κ3) is 3.53. The fourth-order valence-electron chi connectivity index (χ4n) is 2.14. The Morgan fingerprint density at radius 3 is 2.55 bits per heavy atom. The van der Waals surface area contributed by atoms with Crippen molar-refractivity contribution in [1.82, 2.24) is 15.5 Å². The molecule has 0 spiro atoms. The topological polar surface area (TPSA) is 51.0 Å². The van der Waals surface area contributed by atoms with E-state index in [4.69, 9.17) is 16.1 Å². The fraction of sp³-hybridized carbons (Fsp3) is 0.176. The zero-order chi connectivity index (χ0) is 15.4. The van der Waals surface area contributed by atoms with Crippen LogP contribution in [-0.2, 0) is 6.54 Å². The van der Waals surface area contributed by atoms with Crippen LogP contribution in [-0.4, -0.2) is 10.1 Å². The Labute approximate surface area is 134 Å². The van der Waals surface area contributed by atoms with E-state index < -0.39 is 0 Å². The van der Waals surface area contributed by atoms with Crippen molar-refractivity contribution in [2.24, 2.45) is 0 Å². The summed E-state index contributed by atoms with van der Waals surface area (Å²) in [5, 5.41) is 8.06. The second-order valence-corrected chi connectivity index (χ2v) is 5.47. The van der Waals surface area contributed by atoms with E-state index >= 15 is 0 Å². The van der Waals surface area contributed by atoms with Crippen LogP contribution >= 0.6 is 11.6 Å². The maximum atomic E-state index is 5.87. The molecule has 0 fully saturated rings. The molecule has 1 aromatic heterocycles. The van der Waals surface area contributed by atoms with Crippen molar-refractivity contribution in [1.29, 1.82) is 0 Å². The molecule has 3 aromatic rings. The Balaban J connectivity index is 1.63. The molecule has 0 unspecified atom stereocenters. The van der Waals surface area contributed by atoms with E-state index in [1.165, 1.54) is 5.56 Å². The highest BCUT2D eigenvalue weighted by atomic mass is 35.5. The first-order valence-electron chi connectivity index (χ1n) is 7.09. The molecule has 1 atom stereocenters. The lowest BCUT2D eigenvalue weighted by Gasteiger charge is -2.12. The smallest absolute Gasteiger partial charge is 0.240 e. The standard InChI is InChI=1S/C17H16ClN3O/c1-12(13-5-3-2-4-6-13)19-11-16-20-17(21-22-16)14-7-9-15(18)10-8-14/h2-10,12,19H,11H2,1H3/t12-/m1/s1. The van der Waals surface area contributed by atoms with Gasteiger partial charge in [0.15, 0.2) is 0 Å². The largest absolute Gasteiger partial charge is 0.338 e. The van der Waals surface area contributed by atoms with E-state index in [9.17, 15) is 0 Å². The van der Waals surface area contributed by atoms with Crippen LogP contribution in [0.5, 0.6) is 0 Å². The molecule has 0 saturated carbocycles. The number of nitrogens with zero attached hydrogens (tertiary/aromatic N) is 2. The Morgan fingerprint density at radius 1 is 1.09 bits per heavy atom. The zero-order valence-corrected chi connectivity index (χ0v) is 12.9. The van der Waals surface area contributed by atoms with Gasteiger partial charge in [0, 0.05) is 16.6 Å². The molecule has 3 rings (SSSR count). The summed E-state index contributed by atoms with van der Waals surface area (Å²) in [4.78, 5) is 4.39. The molecule has 0 amide bonds. The van der Waals surface area contributed by atoms with Crippen molar-refractivity contribution in [3.05, 3.63) is 71.1 Å². The predicted molar refractivity (Wildman–Crippen MR) is 86.4 cm³/mol. The van der Waals surface area contributed by atoms with Gasteiger partial charge in [-0.3, -0.25) is 0 Å². The lowest BCUT2D eigenvalue weighted by molar-refractivity contribution is 0.360. The molecule has 0 radical (unpaired) electrons. The van der Waals surface area contributed by atoms with Gasteiger partial charge in [0.1, 0.15) is 0 Å². The maximum Gasteiger partial charge on any atom is 0.240 e. The second-order valence-electron chi connectivity index (χ2n) is 5.03. The van der Waals surface area contributed by atoms with Crippen LogP contribution < -0.4 is 5.32 Å². The maximum absolute atomic E-state index is 5.87. The Bertz CT molecular complexity index is 725. The Morgan fingerprint density at radius 2 is 1.82 bits per heavy atom. The van der Waals surface area contributed by atoms with E-state index in [0.717, 1.165) is 5.56 Å². The first-order valence-corrected chi connectivity index (χ1v) is 7.47. The molecule has 0 aliphatic rings. The van der Waals surface area contributed by atoms with Gasteiger partial charge in [0.05, 0.1) is 6.54 Å². The molecule has 0 aliphatic heterocycles. The normalized spacial score (nSPS) is 12.3. The van der Waals surface area contributed by atoms with E-state index in [-0.39, 0.29) is 6.04 Å². The molecule has 1 N–H and O–H groups in total. The van der Waals surface area contributed by atoms with Crippen molar-refractivity contribution in [3.63, 3.8) is 0 Å². The number of hydrogen-bond acceptors (Lipinski definition) is 4. The van der Waals surface area contributed by atoms with Gasteiger partial charge in [-0.25, -0.2) is 0 Å². The molecular formula is C17H16ClN3O. The number of nitrogens with one attached hydrogen (secondary N) is 1. The van der Waals surface area contributed by atoms with Crippen LogP contribution in [0.25, 0.3) is 11.4 Å². The summed E-state index contributed by atoms with van der Waals surface area (Å²) < 4.78 is 5.28. The summed E-state index contributed by atoms with van der Waals surface area (Å²) >= 11 is 5.87. The summed E-state index contributed by atoms with van der Waals surface area (Å²) in [7, 11) is 0. The highest BCUT2D eigenvalue weighted by Gasteiger charge is 2.10. The van der Waals surface area contributed by atoms with Gasteiger partial charge in [-0.1, -0.05) is 47.1 Å². The first kappa shape index (κ1) is 14.8. The molecule has 5 heteroatoms. The molecule has 0 aliphatic carbocycles. The summed E-state index contributed by atoms with van der Waals surface area (Å²) in [6.07, 6.45) is 0. The molecule has 0 saturated heterocycles. The van der Waals surface area contributed by atoms with Crippen molar-refractivity contribution < 1.29 is 4.52 Å². The molecular weight excluding hydrogens is 298 g/mol. The molecule has 0 bridgehead atoms. The van der Waals surface area contributed by atoms with E-state index in [1.807, 2.05) is 42.5 Å². The van der Waals surface area contributed by atoms with Crippen LogP contribution in [0.15, 0.2) is 59.1 Å². The number of benzene rings is 2. The van der Waals surface area contributed by atoms with Crippen molar-refractivity contribution in [2.45, 2.75) is 19.5 Å². The van der Waals surface area contributed by atoms with Gasteiger partial charge in [-0.15, -0.1) is 0 Å². The number of halogens is 1. The number of aromatic nitrogens is 2. The third-order valence-electron chi connectivity index (χ3n) is 3.43. The highest BCUT2D eigenvalue weighted by Crippen LogP contribution is 2.19. The summed E-state index contributed by atoms with van der Waals surface area (Å²) in [6.45, 7) is 2.63. The molecule has 1 heterocycles. The minimum Gasteiger partial charge on any atom is -0.338 e. The monoisotopic (exact) mass is 313 g/mol. The summed E-state index contributed by atoms with van der Waals surface area (Å²) in [6, 6.07) is 17.8. The van der Waals surface area contributed by atoms with Crippen LogP contribution in [0.1, 0.15) is 24.4 Å². The molecule has 2 aromatic carbocycles. The quantitative estimate of drug-likeness (QED) is 0.765. The van der Waals surface area contributed by atoms with Crippen LogP contribution in [0, 0.1) is 0 Å². The Kier molecular flexibility index (Phi) is 4.51. The van der Waals surface area contributed by atoms with Gasteiger partial charge in [0.25, 0.3) is 0 Å². The summed E-state index contributed by atoms with van der Waals surface area (Å²) in [5.41, 5.74) is 2.11. The fourth-order valence-corrected chi connectivity index (χ4v) is 2.27. The van der Waals surface area contributed by atoms with E-state index in [0.29, 0.717) is 23.3 Å². The van der Waals surface area contributed by atoms with E-state index in [1.54, 1.807) is 0 Å². The SMILES string of the molecule is C[C@@H](NCc1nc(-c2ccc(Cl)cc2)no1)c1ccccc1.